The van der Waals surface area contributed by atoms with Gasteiger partial charge in [0.15, 0.2) is 0 Å². The van der Waals surface area contributed by atoms with E-state index in [1.807, 2.05) is 13.0 Å². The van der Waals surface area contributed by atoms with Crippen LogP contribution in [-0.4, -0.2) is 0 Å². The number of hydrogen-bond acceptors (Lipinski definition) is 1. The van der Waals surface area contributed by atoms with E-state index in [1.165, 1.54) is 12.1 Å². The van der Waals surface area contributed by atoms with E-state index in [0.717, 1.165) is 29.6 Å². The van der Waals surface area contributed by atoms with Crippen LogP contribution in [0.15, 0.2) is 28.7 Å². The van der Waals surface area contributed by atoms with Gasteiger partial charge in [-0.25, -0.2) is 4.39 Å². The van der Waals surface area contributed by atoms with E-state index in [0.29, 0.717) is 10.6 Å². The molecule has 0 spiro atoms. The maximum atomic E-state index is 13.2. The fourth-order valence-electron chi connectivity index (χ4n) is 1.86. The van der Waals surface area contributed by atoms with Crippen LogP contribution in [0.2, 0.25) is 0 Å². The van der Waals surface area contributed by atoms with E-state index in [1.54, 1.807) is 6.07 Å². The Hall–Kier alpha value is -1.28. The van der Waals surface area contributed by atoms with Gasteiger partial charge in [-0.1, -0.05) is 31.0 Å². The topological polar surface area (TPSA) is 13.1 Å². The Morgan fingerprint density at radius 3 is 2.94 bits per heavy atom. The van der Waals surface area contributed by atoms with Crippen molar-refractivity contribution in [2.24, 2.45) is 0 Å². The third kappa shape index (κ3) is 2.37. The predicted molar refractivity (Wildman–Crippen MR) is 69.6 cm³/mol. The second-order valence-corrected chi connectivity index (χ2v) is 4.42. The first kappa shape index (κ1) is 12.2. The SMILES string of the molecule is CCC/C=C(/Cl)c1c(C)oc2ccc(F)cc12. The number of rotatable bonds is 3. The van der Waals surface area contributed by atoms with Crippen molar-refractivity contribution < 1.29 is 8.81 Å². The Labute approximate surface area is 105 Å². The van der Waals surface area contributed by atoms with Crippen molar-refractivity contribution in [2.45, 2.75) is 26.7 Å². The van der Waals surface area contributed by atoms with E-state index in [-0.39, 0.29) is 5.82 Å². The Morgan fingerprint density at radius 2 is 2.24 bits per heavy atom. The van der Waals surface area contributed by atoms with Crippen molar-refractivity contribution in [2.75, 3.05) is 0 Å². The summed E-state index contributed by atoms with van der Waals surface area (Å²) in [6.45, 7) is 3.93. The van der Waals surface area contributed by atoms with Crippen LogP contribution in [0.3, 0.4) is 0 Å². The second-order valence-electron chi connectivity index (χ2n) is 4.01. The number of halogens is 2. The highest BCUT2D eigenvalue weighted by atomic mass is 35.5. The van der Waals surface area contributed by atoms with Crippen molar-refractivity contribution in [3.05, 3.63) is 41.4 Å². The molecule has 3 heteroatoms. The molecule has 1 aromatic heterocycles. The lowest BCUT2D eigenvalue weighted by Gasteiger charge is -1.98. The predicted octanol–water partition coefficient (Wildman–Crippen LogP) is 5.26. The Balaban J connectivity index is 2.59. The van der Waals surface area contributed by atoms with Gasteiger partial charge >= 0.3 is 0 Å². The lowest BCUT2D eigenvalue weighted by molar-refractivity contribution is 0.575. The van der Waals surface area contributed by atoms with Gasteiger partial charge in [0.05, 0.1) is 0 Å². The molecular weight excluding hydrogens is 239 g/mol. The molecule has 0 aliphatic rings. The van der Waals surface area contributed by atoms with Gasteiger partial charge in [0.1, 0.15) is 17.2 Å². The Morgan fingerprint density at radius 1 is 1.47 bits per heavy atom. The summed E-state index contributed by atoms with van der Waals surface area (Å²) in [6.07, 6.45) is 3.88. The van der Waals surface area contributed by atoms with Crippen LogP contribution in [0.4, 0.5) is 4.39 Å². The molecule has 2 aromatic rings. The van der Waals surface area contributed by atoms with Gasteiger partial charge in [-0.15, -0.1) is 0 Å². The summed E-state index contributed by atoms with van der Waals surface area (Å²) in [6, 6.07) is 4.48. The summed E-state index contributed by atoms with van der Waals surface area (Å²) in [5.74, 6) is 0.447. The van der Waals surface area contributed by atoms with Crippen LogP contribution < -0.4 is 0 Å². The van der Waals surface area contributed by atoms with Gasteiger partial charge < -0.3 is 4.42 Å². The lowest BCUT2D eigenvalue weighted by Crippen LogP contribution is -1.80. The number of aryl methyl sites for hydroxylation is 1. The molecule has 0 fully saturated rings. The maximum Gasteiger partial charge on any atom is 0.135 e. The molecule has 1 aromatic carbocycles. The molecule has 0 bridgehead atoms. The summed E-state index contributed by atoms with van der Waals surface area (Å²) in [5, 5.41) is 1.37. The zero-order valence-electron chi connectivity index (χ0n) is 9.89. The Kier molecular flexibility index (Phi) is 3.53. The fraction of sp³-hybridized carbons (Fsp3) is 0.286. The molecule has 0 saturated heterocycles. The molecule has 0 radical (unpaired) electrons. The maximum absolute atomic E-state index is 13.2. The van der Waals surface area contributed by atoms with Crippen molar-refractivity contribution in [1.29, 1.82) is 0 Å². The van der Waals surface area contributed by atoms with Gasteiger partial charge in [0.25, 0.3) is 0 Å². The fourth-order valence-corrected chi connectivity index (χ4v) is 2.21. The molecule has 0 saturated carbocycles. The lowest BCUT2D eigenvalue weighted by atomic mass is 10.1. The molecule has 0 aliphatic carbocycles. The molecule has 17 heavy (non-hydrogen) atoms. The summed E-state index contributed by atoms with van der Waals surface area (Å²) >= 11 is 6.24. The van der Waals surface area contributed by atoms with Crippen molar-refractivity contribution in [3.63, 3.8) is 0 Å². The standard InChI is InChI=1S/C14H14ClFO/c1-3-4-5-12(15)14-9(2)17-13-7-6-10(16)8-11(13)14/h5-8H,3-4H2,1-2H3/b12-5+. The van der Waals surface area contributed by atoms with Gasteiger partial charge in [-0.05, 0) is 31.5 Å². The molecule has 0 N–H and O–H groups in total. The van der Waals surface area contributed by atoms with E-state index in [2.05, 4.69) is 6.92 Å². The molecule has 0 atom stereocenters. The third-order valence-corrected chi connectivity index (χ3v) is 3.02. The van der Waals surface area contributed by atoms with Gasteiger partial charge in [0.2, 0.25) is 0 Å². The summed E-state index contributed by atoms with van der Waals surface area (Å²) in [5.41, 5.74) is 1.47. The zero-order valence-corrected chi connectivity index (χ0v) is 10.6. The minimum atomic E-state index is -0.278. The molecule has 1 nitrogen and oxygen atoms in total. The van der Waals surface area contributed by atoms with Gasteiger partial charge in [-0.3, -0.25) is 0 Å². The molecule has 2 rings (SSSR count). The summed E-state index contributed by atoms with van der Waals surface area (Å²) < 4.78 is 18.8. The van der Waals surface area contributed by atoms with Crippen molar-refractivity contribution >= 4 is 27.6 Å². The summed E-state index contributed by atoms with van der Waals surface area (Å²) in [4.78, 5) is 0. The molecule has 0 aliphatic heterocycles. The number of allylic oxidation sites excluding steroid dienone is 1. The van der Waals surface area contributed by atoms with Gasteiger partial charge in [0, 0.05) is 16.0 Å². The van der Waals surface area contributed by atoms with Crippen LogP contribution in [0.1, 0.15) is 31.1 Å². The first-order valence-electron chi connectivity index (χ1n) is 5.68. The van der Waals surface area contributed by atoms with Crippen molar-refractivity contribution in [3.8, 4) is 0 Å². The highest BCUT2D eigenvalue weighted by molar-refractivity contribution is 6.49. The average molecular weight is 253 g/mol. The van der Waals surface area contributed by atoms with Crippen LogP contribution in [0.25, 0.3) is 16.0 Å². The van der Waals surface area contributed by atoms with Gasteiger partial charge in [-0.2, -0.15) is 0 Å². The van der Waals surface area contributed by atoms with E-state index in [4.69, 9.17) is 16.0 Å². The minimum Gasteiger partial charge on any atom is -0.461 e. The molecule has 0 unspecified atom stereocenters. The van der Waals surface area contributed by atoms with Crippen LogP contribution in [0, 0.1) is 12.7 Å². The highest BCUT2D eigenvalue weighted by Crippen LogP contribution is 2.33. The highest BCUT2D eigenvalue weighted by Gasteiger charge is 2.14. The smallest absolute Gasteiger partial charge is 0.135 e. The number of unbranched alkanes of at least 4 members (excludes halogenated alkanes) is 1. The third-order valence-electron chi connectivity index (χ3n) is 2.68. The Bertz CT molecular complexity index is 569. The first-order chi connectivity index (χ1) is 8.13. The zero-order chi connectivity index (χ0) is 12.4. The first-order valence-corrected chi connectivity index (χ1v) is 6.06. The van der Waals surface area contributed by atoms with E-state index >= 15 is 0 Å². The van der Waals surface area contributed by atoms with Crippen molar-refractivity contribution in [1.82, 2.24) is 0 Å². The quantitative estimate of drug-likeness (QED) is 0.726. The second kappa shape index (κ2) is 4.92. The minimum absolute atomic E-state index is 0.278. The average Bonchev–Trinajstić information content (AvgIpc) is 2.61. The molecule has 0 amide bonds. The largest absolute Gasteiger partial charge is 0.461 e. The van der Waals surface area contributed by atoms with E-state index < -0.39 is 0 Å². The van der Waals surface area contributed by atoms with Crippen LogP contribution in [0.5, 0.6) is 0 Å². The number of hydrogen-bond donors (Lipinski definition) is 0. The molecule has 1 heterocycles. The number of fused-ring (bicyclic) bond motifs is 1. The van der Waals surface area contributed by atoms with Crippen LogP contribution in [-0.2, 0) is 0 Å². The van der Waals surface area contributed by atoms with E-state index in [9.17, 15) is 4.39 Å². The molecular formula is C14H14ClFO. The normalized spacial score (nSPS) is 12.4. The summed E-state index contributed by atoms with van der Waals surface area (Å²) in [7, 11) is 0. The number of furan rings is 1. The van der Waals surface area contributed by atoms with Crippen LogP contribution >= 0.6 is 11.6 Å². The molecule has 90 valence electrons. The monoisotopic (exact) mass is 252 g/mol. The number of benzene rings is 1.